The van der Waals surface area contributed by atoms with Gasteiger partial charge in [-0.05, 0) is 19.2 Å². The number of thiocarbonyl (C=S) groups is 1. The van der Waals surface area contributed by atoms with E-state index in [1.165, 1.54) is 0 Å². The quantitative estimate of drug-likeness (QED) is 0.770. The molecule has 0 radical (unpaired) electrons. The first kappa shape index (κ1) is 15.7. The monoisotopic (exact) mass is 302 g/mol. The van der Waals surface area contributed by atoms with Gasteiger partial charge in [0.2, 0.25) is 0 Å². The van der Waals surface area contributed by atoms with E-state index in [1.54, 1.807) is 6.20 Å². The second-order valence-electron chi connectivity index (χ2n) is 4.88. The van der Waals surface area contributed by atoms with Crippen molar-refractivity contribution in [3.8, 4) is 0 Å². The highest BCUT2D eigenvalue weighted by Crippen LogP contribution is 2.25. The maximum atomic E-state index is 5.83. The van der Waals surface area contributed by atoms with Crippen LogP contribution in [0.15, 0.2) is 30.5 Å². The van der Waals surface area contributed by atoms with Gasteiger partial charge in [0.1, 0.15) is 4.99 Å². The van der Waals surface area contributed by atoms with Crippen molar-refractivity contribution in [1.29, 1.82) is 0 Å². The number of nitrogens with zero attached hydrogens (tertiary/aromatic N) is 2. The Kier molecular flexibility index (Phi) is 5.47. The topological polar surface area (TPSA) is 54.2 Å². The molecule has 0 saturated carbocycles. The van der Waals surface area contributed by atoms with Crippen LogP contribution < -0.4 is 11.1 Å². The second-order valence-corrected chi connectivity index (χ2v) is 5.32. The third-order valence-corrected chi connectivity index (χ3v) is 3.89. The molecule has 1 aromatic heterocycles. The standard InChI is InChI=1S/C16H22N4S/c1-3-20(4-2)10-9-18-15-12-7-5-6-8-14(12)19-11-13(15)16(17)21/h5-8,11H,3-4,9-10H2,1-2H3,(H2,17,21)(H,18,19). The van der Waals surface area contributed by atoms with E-state index in [2.05, 4.69) is 29.0 Å². The Morgan fingerprint density at radius 1 is 1.29 bits per heavy atom. The van der Waals surface area contributed by atoms with Crippen molar-refractivity contribution < 1.29 is 0 Å². The molecule has 2 rings (SSSR count). The van der Waals surface area contributed by atoms with E-state index in [4.69, 9.17) is 18.0 Å². The van der Waals surface area contributed by atoms with Crippen molar-refractivity contribution in [3.63, 3.8) is 0 Å². The van der Waals surface area contributed by atoms with Crippen molar-refractivity contribution >= 4 is 33.8 Å². The largest absolute Gasteiger partial charge is 0.389 e. The molecule has 0 aliphatic heterocycles. The van der Waals surface area contributed by atoms with Gasteiger partial charge in [0, 0.05) is 24.7 Å². The summed E-state index contributed by atoms with van der Waals surface area (Å²) in [5, 5.41) is 4.55. The average molecular weight is 302 g/mol. The molecular weight excluding hydrogens is 280 g/mol. The number of anilines is 1. The number of pyridine rings is 1. The number of hydrogen-bond donors (Lipinski definition) is 2. The zero-order valence-electron chi connectivity index (χ0n) is 12.6. The van der Waals surface area contributed by atoms with Crippen LogP contribution in [0, 0.1) is 0 Å². The highest BCUT2D eigenvalue weighted by atomic mass is 32.1. The van der Waals surface area contributed by atoms with Crippen molar-refractivity contribution in [2.24, 2.45) is 5.73 Å². The molecule has 112 valence electrons. The summed E-state index contributed by atoms with van der Waals surface area (Å²) in [6.45, 7) is 8.29. The van der Waals surface area contributed by atoms with Gasteiger partial charge in [0.15, 0.2) is 0 Å². The molecule has 1 aromatic carbocycles. The lowest BCUT2D eigenvalue weighted by Crippen LogP contribution is -2.29. The number of rotatable bonds is 7. The van der Waals surface area contributed by atoms with Crippen LogP contribution in [0.2, 0.25) is 0 Å². The van der Waals surface area contributed by atoms with Gasteiger partial charge in [-0.1, -0.05) is 44.3 Å². The van der Waals surface area contributed by atoms with Gasteiger partial charge in [0.05, 0.1) is 16.8 Å². The SMILES string of the molecule is CCN(CC)CCNc1c(C(N)=S)cnc2ccccc12. The van der Waals surface area contributed by atoms with Crippen LogP contribution in [0.25, 0.3) is 10.9 Å². The highest BCUT2D eigenvalue weighted by Gasteiger charge is 2.10. The van der Waals surface area contributed by atoms with Gasteiger partial charge >= 0.3 is 0 Å². The van der Waals surface area contributed by atoms with Crippen LogP contribution in [0.1, 0.15) is 19.4 Å². The molecule has 0 unspecified atom stereocenters. The molecule has 0 fully saturated rings. The van der Waals surface area contributed by atoms with E-state index in [1.807, 2.05) is 24.3 Å². The number of likely N-dealkylation sites (N-methyl/N-ethyl adjacent to an activating group) is 1. The van der Waals surface area contributed by atoms with E-state index < -0.39 is 0 Å². The van der Waals surface area contributed by atoms with Crippen molar-refractivity contribution in [2.75, 3.05) is 31.5 Å². The Bertz CT molecular complexity index is 623. The van der Waals surface area contributed by atoms with Gasteiger partial charge in [-0.15, -0.1) is 0 Å². The summed E-state index contributed by atoms with van der Waals surface area (Å²) in [5.74, 6) is 0. The predicted octanol–water partition coefficient (Wildman–Crippen LogP) is 2.62. The van der Waals surface area contributed by atoms with Gasteiger partial charge in [-0.25, -0.2) is 0 Å². The van der Waals surface area contributed by atoms with Gasteiger partial charge in [-0.3, -0.25) is 4.98 Å². The number of fused-ring (bicyclic) bond motifs is 1. The van der Waals surface area contributed by atoms with Gasteiger partial charge in [0.25, 0.3) is 0 Å². The van der Waals surface area contributed by atoms with E-state index in [0.717, 1.165) is 48.3 Å². The summed E-state index contributed by atoms with van der Waals surface area (Å²) in [7, 11) is 0. The van der Waals surface area contributed by atoms with Crippen LogP contribution in [0.4, 0.5) is 5.69 Å². The lowest BCUT2D eigenvalue weighted by Gasteiger charge is -2.20. The third-order valence-electron chi connectivity index (χ3n) is 3.67. The first-order valence-electron chi connectivity index (χ1n) is 7.31. The molecule has 2 aromatic rings. The molecule has 5 heteroatoms. The molecule has 3 N–H and O–H groups in total. The number of hydrogen-bond acceptors (Lipinski definition) is 4. The lowest BCUT2D eigenvalue weighted by atomic mass is 10.1. The molecule has 4 nitrogen and oxygen atoms in total. The zero-order chi connectivity index (χ0) is 15.2. The Morgan fingerprint density at radius 2 is 2.00 bits per heavy atom. The maximum absolute atomic E-state index is 5.83. The molecular formula is C16H22N4S. The summed E-state index contributed by atoms with van der Waals surface area (Å²) in [4.78, 5) is 7.17. The Morgan fingerprint density at radius 3 is 2.67 bits per heavy atom. The summed E-state index contributed by atoms with van der Waals surface area (Å²) >= 11 is 5.15. The molecule has 0 saturated heterocycles. The normalized spacial score (nSPS) is 11.0. The van der Waals surface area contributed by atoms with Crippen LogP contribution in [0.5, 0.6) is 0 Å². The molecule has 1 heterocycles. The van der Waals surface area contributed by atoms with Crippen LogP contribution in [-0.2, 0) is 0 Å². The first-order chi connectivity index (χ1) is 10.2. The van der Waals surface area contributed by atoms with E-state index >= 15 is 0 Å². The van der Waals surface area contributed by atoms with Crippen molar-refractivity contribution in [3.05, 3.63) is 36.0 Å². The Hall–Kier alpha value is -1.72. The lowest BCUT2D eigenvalue weighted by molar-refractivity contribution is 0.316. The maximum Gasteiger partial charge on any atom is 0.107 e. The number of nitrogens with two attached hydrogens (primary N) is 1. The number of para-hydroxylation sites is 1. The smallest absolute Gasteiger partial charge is 0.107 e. The number of benzene rings is 1. The fourth-order valence-corrected chi connectivity index (χ4v) is 2.55. The van der Waals surface area contributed by atoms with Gasteiger partial charge < -0.3 is 16.0 Å². The summed E-state index contributed by atoms with van der Waals surface area (Å²) in [6.07, 6.45) is 1.75. The van der Waals surface area contributed by atoms with Crippen LogP contribution in [-0.4, -0.2) is 41.1 Å². The Labute approximate surface area is 131 Å². The summed E-state index contributed by atoms with van der Waals surface area (Å²) < 4.78 is 0. The zero-order valence-corrected chi connectivity index (χ0v) is 13.4. The number of aromatic nitrogens is 1. The minimum Gasteiger partial charge on any atom is -0.389 e. The molecule has 0 spiro atoms. The van der Waals surface area contributed by atoms with Gasteiger partial charge in [-0.2, -0.15) is 0 Å². The first-order valence-corrected chi connectivity index (χ1v) is 7.72. The van der Waals surface area contributed by atoms with E-state index in [-0.39, 0.29) is 0 Å². The summed E-state index contributed by atoms with van der Waals surface area (Å²) in [6, 6.07) is 8.02. The molecule has 21 heavy (non-hydrogen) atoms. The molecule has 0 bridgehead atoms. The van der Waals surface area contributed by atoms with E-state index in [0.29, 0.717) is 4.99 Å². The summed E-state index contributed by atoms with van der Waals surface area (Å²) in [5.41, 5.74) is 8.57. The fraction of sp³-hybridized carbons (Fsp3) is 0.375. The minimum atomic E-state index is 0.374. The van der Waals surface area contributed by atoms with E-state index in [9.17, 15) is 0 Å². The average Bonchev–Trinajstić information content (AvgIpc) is 2.51. The molecule has 0 amide bonds. The highest BCUT2D eigenvalue weighted by molar-refractivity contribution is 7.80. The fourth-order valence-electron chi connectivity index (χ4n) is 2.40. The Balaban J connectivity index is 2.27. The van der Waals surface area contributed by atoms with Crippen molar-refractivity contribution in [2.45, 2.75) is 13.8 Å². The molecule has 0 aliphatic carbocycles. The second kappa shape index (κ2) is 7.33. The number of nitrogens with one attached hydrogen (secondary N) is 1. The molecule has 0 atom stereocenters. The predicted molar refractivity (Wildman–Crippen MR) is 93.9 cm³/mol. The third kappa shape index (κ3) is 3.68. The minimum absolute atomic E-state index is 0.374. The van der Waals surface area contributed by atoms with Crippen molar-refractivity contribution in [1.82, 2.24) is 9.88 Å². The molecule has 0 aliphatic rings. The van der Waals surface area contributed by atoms with Crippen LogP contribution >= 0.6 is 12.2 Å². The van der Waals surface area contributed by atoms with Crippen LogP contribution in [0.3, 0.4) is 0 Å².